The number of aromatic hydroxyl groups is 1. The van der Waals surface area contributed by atoms with Crippen molar-refractivity contribution in [1.29, 1.82) is 0 Å². The Morgan fingerprint density at radius 1 is 0.882 bits per heavy atom. The number of amides is 3. The summed E-state index contributed by atoms with van der Waals surface area (Å²) in [6.07, 6.45) is 10.0. The molecule has 0 spiro atoms. The van der Waals surface area contributed by atoms with E-state index in [4.69, 9.17) is 19.7 Å². The van der Waals surface area contributed by atoms with Crippen molar-refractivity contribution in [3.8, 4) is 33.5 Å². The number of β-amino-alcohol motifs (C(OH)–C–C–N with tert-alkyl or cyclic N) is 1. The van der Waals surface area contributed by atoms with Gasteiger partial charge in [0.05, 0.1) is 46.0 Å². The summed E-state index contributed by atoms with van der Waals surface area (Å²) in [4.78, 5) is 79.1. The van der Waals surface area contributed by atoms with E-state index >= 15 is 4.39 Å². The maximum Gasteiger partial charge on any atom is 0.319 e. The molecular formula is C64H76FN13O6S. The number of nitrogens with one attached hydrogen (secondary N) is 3. The van der Waals surface area contributed by atoms with E-state index in [1.54, 1.807) is 35.9 Å². The Morgan fingerprint density at radius 3 is 2.34 bits per heavy atom. The number of fused-ring (bicyclic) bond motifs is 4. The molecule has 19 nitrogen and oxygen atoms in total. The number of aliphatic hydroxyl groups is 1. The summed E-state index contributed by atoms with van der Waals surface area (Å²) in [5.41, 5.74) is 5.88. The topological polar surface area (TPSA) is 227 Å². The number of aromatic nitrogens is 6. The van der Waals surface area contributed by atoms with Gasteiger partial charge in [-0.05, 0) is 122 Å². The second kappa shape index (κ2) is 24.1. The Kier molecular flexibility index (Phi) is 16.4. The first-order valence-electron chi connectivity index (χ1n) is 30.1. The van der Waals surface area contributed by atoms with Crippen LogP contribution in [-0.2, 0) is 16.0 Å². The number of piperidine rings is 1. The van der Waals surface area contributed by atoms with Gasteiger partial charge < -0.3 is 45.6 Å². The third-order valence-corrected chi connectivity index (χ3v) is 19.0. The predicted molar refractivity (Wildman–Crippen MR) is 326 cm³/mol. The summed E-state index contributed by atoms with van der Waals surface area (Å²) >= 11 is 1.58. The van der Waals surface area contributed by atoms with Gasteiger partial charge in [-0.3, -0.25) is 24.3 Å². The molecule has 3 amide bonds. The van der Waals surface area contributed by atoms with Gasteiger partial charge in [-0.25, -0.2) is 19.3 Å². The Bertz CT molecular complexity index is 3590. The number of halogens is 1. The highest BCUT2D eigenvalue weighted by molar-refractivity contribution is 7.13. The quantitative estimate of drug-likeness (QED) is 0.0582. The number of anilines is 2. The lowest BCUT2D eigenvalue weighted by molar-refractivity contribution is -0.142. The molecule has 12 rings (SSSR count). The average Bonchev–Trinajstić information content (AvgIpc) is 1.58. The van der Waals surface area contributed by atoms with Crippen LogP contribution < -0.4 is 30.5 Å². The SMILES string of the molecule is CCc1cccc2cc(O)cc(-c3ncc4c(N5CC6CCC(C5)N6)nc(OCCN5CCC(CC6CN(c7cnc(C(=O)N[C@H](C(=O)N8C[C@H](O)C[C@H]8C(=O)N[C@@H](C)c8ccc(-c9scnc9C)cc8)C(C)(C)C)cn7)C6)CC5)nc4c3F)c12. The zero-order valence-corrected chi connectivity index (χ0v) is 50.0. The average molecular weight is 1170 g/mol. The molecule has 0 radical (unpaired) electrons. The van der Waals surface area contributed by atoms with Gasteiger partial charge in [-0.15, -0.1) is 11.3 Å². The molecule has 5 fully saturated rings. The monoisotopic (exact) mass is 1170 g/mol. The fourth-order valence-corrected chi connectivity index (χ4v) is 14.2. The largest absolute Gasteiger partial charge is 0.508 e. The molecule has 0 aliphatic carbocycles. The minimum Gasteiger partial charge on any atom is -0.508 e. The predicted octanol–water partition coefficient (Wildman–Crippen LogP) is 8.02. The van der Waals surface area contributed by atoms with Crippen molar-refractivity contribution in [2.45, 2.75) is 123 Å². The van der Waals surface area contributed by atoms with Gasteiger partial charge in [0.2, 0.25) is 11.8 Å². The van der Waals surface area contributed by atoms with Gasteiger partial charge in [0.25, 0.3) is 5.91 Å². The molecule has 5 N–H and O–H groups in total. The number of rotatable bonds is 17. The molecule has 21 heteroatoms. The number of piperazine rings is 1. The van der Waals surface area contributed by atoms with E-state index in [0.717, 1.165) is 116 Å². The van der Waals surface area contributed by atoms with Crippen LogP contribution in [0.3, 0.4) is 0 Å². The molecule has 3 aromatic carbocycles. The van der Waals surface area contributed by atoms with Crippen LogP contribution in [0.5, 0.6) is 11.8 Å². The van der Waals surface area contributed by atoms with Crippen LogP contribution in [0.15, 0.2) is 78.7 Å². The van der Waals surface area contributed by atoms with E-state index in [1.165, 1.54) is 11.1 Å². The number of nitrogens with zero attached hydrogens (tertiary/aromatic N) is 10. The first-order valence-corrected chi connectivity index (χ1v) is 31.0. The van der Waals surface area contributed by atoms with Crippen molar-refractivity contribution in [2.75, 3.05) is 68.8 Å². The zero-order valence-electron chi connectivity index (χ0n) is 49.2. The lowest BCUT2D eigenvalue weighted by Crippen LogP contribution is -2.58. The number of carbonyl (C=O) groups is 3. The van der Waals surface area contributed by atoms with Gasteiger partial charge in [-0.1, -0.05) is 70.2 Å². The van der Waals surface area contributed by atoms with E-state index in [0.29, 0.717) is 59.7 Å². The van der Waals surface area contributed by atoms with Crippen molar-refractivity contribution in [2.24, 2.45) is 17.3 Å². The number of likely N-dealkylation sites (tertiary alicyclic amines) is 2. The van der Waals surface area contributed by atoms with Gasteiger partial charge >= 0.3 is 6.01 Å². The Balaban J connectivity index is 0.621. The van der Waals surface area contributed by atoms with Crippen LogP contribution in [0.4, 0.5) is 16.0 Å². The van der Waals surface area contributed by atoms with Crippen LogP contribution in [-0.4, -0.2) is 157 Å². The number of thiazole rings is 1. The summed E-state index contributed by atoms with van der Waals surface area (Å²) in [6.45, 7) is 17.5. The number of aliphatic hydroxyl groups excluding tert-OH is 1. The van der Waals surface area contributed by atoms with Crippen molar-refractivity contribution < 1.29 is 33.7 Å². The van der Waals surface area contributed by atoms with E-state index in [1.807, 2.05) is 82.6 Å². The molecule has 2 unspecified atom stereocenters. The number of aryl methyl sites for hydroxylation is 2. The summed E-state index contributed by atoms with van der Waals surface area (Å²) < 4.78 is 23.5. The maximum atomic E-state index is 17.1. The number of ether oxygens (including phenoxy) is 1. The van der Waals surface area contributed by atoms with E-state index in [9.17, 15) is 24.6 Å². The van der Waals surface area contributed by atoms with Crippen molar-refractivity contribution in [3.05, 3.63) is 107 Å². The van der Waals surface area contributed by atoms with Gasteiger partial charge in [-0.2, -0.15) is 9.97 Å². The summed E-state index contributed by atoms with van der Waals surface area (Å²) in [7, 11) is 0. The van der Waals surface area contributed by atoms with Crippen molar-refractivity contribution >= 4 is 62.4 Å². The van der Waals surface area contributed by atoms with E-state index < -0.39 is 41.2 Å². The molecule has 2 bridgehead atoms. The number of phenols is 1. The molecule has 446 valence electrons. The van der Waals surface area contributed by atoms with Crippen LogP contribution in [0.1, 0.15) is 106 Å². The summed E-state index contributed by atoms with van der Waals surface area (Å²) in [5, 5.41) is 33.4. The molecule has 9 heterocycles. The van der Waals surface area contributed by atoms with Crippen LogP contribution in [0, 0.1) is 30.0 Å². The van der Waals surface area contributed by atoms with Gasteiger partial charge in [0, 0.05) is 69.5 Å². The summed E-state index contributed by atoms with van der Waals surface area (Å²) in [5.74, 6) is 0.483. The molecule has 5 saturated heterocycles. The highest BCUT2D eigenvalue weighted by Gasteiger charge is 2.45. The number of hydrogen-bond donors (Lipinski definition) is 5. The number of hydrogen-bond acceptors (Lipinski definition) is 17. The first-order chi connectivity index (χ1) is 40.9. The molecular weight excluding hydrogens is 1100 g/mol. The Hall–Kier alpha value is -7.46. The molecule has 5 aliphatic heterocycles. The molecule has 85 heavy (non-hydrogen) atoms. The lowest BCUT2D eigenvalue weighted by atomic mass is 9.83. The standard InChI is InChI=1S/C64H76FN13O6S/c1-7-40-9-8-10-43-24-46(79)25-48(53(40)43)55-54(65)56-49(27-68-55)59(77-32-44-15-16-45(33-77)71-44)74-63(72-56)84-22-21-75-19-17-38(18-20-75)23-39-30-76(31-39)52-29-66-50(28-67-52)60(81)73-58(64(4,5)6)62(83)78-34-47(80)26-51(78)61(82)70-36(2)41-11-13-42(14-12-41)57-37(3)69-35-85-57/h8-14,24-25,27-29,35-36,38-39,44-45,47,51,58,71,79-80H,7,15-23,26,30-34H2,1-6H3,(H,70,82)(H,73,81)/t36-,44?,45?,47+,51-,58+/m0/s1. The maximum absolute atomic E-state index is 17.1. The second-order valence-corrected chi connectivity index (χ2v) is 26.0. The second-order valence-electron chi connectivity index (χ2n) is 25.1. The van der Waals surface area contributed by atoms with Crippen molar-refractivity contribution in [3.63, 3.8) is 0 Å². The highest BCUT2D eigenvalue weighted by Crippen LogP contribution is 2.40. The number of carbonyl (C=O) groups excluding carboxylic acids is 3. The first kappa shape index (κ1) is 57.9. The van der Waals surface area contributed by atoms with Crippen LogP contribution >= 0.6 is 11.3 Å². The third kappa shape index (κ3) is 12.2. The lowest BCUT2D eigenvalue weighted by Gasteiger charge is -2.42. The molecule has 6 atom stereocenters. The number of phenolic OH excluding ortho intramolecular Hbond substituents is 1. The van der Waals surface area contributed by atoms with E-state index in [-0.39, 0.29) is 53.6 Å². The van der Waals surface area contributed by atoms with Crippen LogP contribution in [0.25, 0.3) is 43.4 Å². The van der Waals surface area contributed by atoms with Crippen molar-refractivity contribution in [1.82, 2.24) is 55.7 Å². The fraction of sp³-hybridized carbons (Fsp3) is 0.484. The number of benzene rings is 3. The van der Waals surface area contributed by atoms with Gasteiger partial charge in [0.15, 0.2) is 5.82 Å². The smallest absolute Gasteiger partial charge is 0.319 e. The minimum absolute atomic E-state index is 0.0342. The van der Waals surface area contributed by atoms with Crippen LogP contribution in [0.2, 0.25) is 0 Å². The Labute approximate surface area is 498 Å². The highest BCUT2D eigenvalue weighted by atomic mass is 32.1. The summed E-state index contributed by atoms with van der Waals surface area (Å²) in [6, 6.07) is 15.6. The normalized spacial score (nSPS) is 21.1. The van der Waals surface area contributed by atoms with E-state index in [2.05, 4.69) is 52.5 Å². The van der Waals surface area contributed by atoms with Gasteiger partial charge in [0.1, 0.15) is 53.0 Å². The molecule has 5 aliphatic rings. The fourth-order valence-electron chi connectivity index (χ4n) is 13.4. The Morgan fingerprint density at radius 2 is 1.65 bits per heavy atom. The molecule has 0 saturated carbocycles. The number of pyridine rings is 1. The minimum atomic E-state index is -1.02. The zero-order chi connectivity index (χ0) is 59.3. The molecule has 4 aromatic heterocycles. The molecule has 7 aromatic rings. The third-order valence-electron chi connectivity index (χ3n) is 18.0.